The highest BCUT2D eigenvalue weighted by Gasteiger charge is 2.26. The fourth-order valence-electron chi connectivity index (χ4n) is 3.47. The van der Waals surface area contributed by atoms with E-state index >= 15 is 0 Å². The largest absolute Gasteiger partial charge is 0.361 e. The SMILES string of the molecule is Cc1noc(C)c1C(=O)N1CCc2ncnc(-c3cnn(C)c3)c2CC1. The van der Waals surface area contributed by atoms with Crippen molar-refractivity contribution in [2.75, 3.05) is 13.1 Å². The summed E-state index contributed by atoms with van der Waals surface area (Å²) in [5.74, 6) is 0.523. The maximum absolute atomic E-state index is 12.9. The van der Waals surface area contributed by atoms with Gasteiger partial charge in [-0.25, -0.2) is 9.97 Å². The summed E-state index contributed by atoms with van der Waals surface area (Å²) >= 11 is 0. The fourth-order valence-corrected chi connectivity index (χ4v) is 3.47. The standard InChI is InChI=1S/C18H20N6O2/c1-11-16(12(2)26-22-11)18(25)24-6-4-14-15(5-7-24)19-10-20-17(14)13-8-21-23(3)9-13/h8-10H,4-7H2,1-3H3. The molecule has 0 atom stereocenters. The summed E-state index contributed by atoms with van der Waals surface area (Å²) in [6.07, 6.45) is 6.74. The molecule has 0 aromatic carbocycles. The lowest BCUT2D eigenvalue weighted by Crippen LogP contribution is -2.33. The molecule has 0 bridgehead atoms. The first-order valence-electron chi connectivity index (χ1n) is 8.58. The number of nitrogens with zero attached hydrogens (tertiary/aromatic N) is 6. The molecule has 3 aromatic heterocycles. The third-order valence-corrected chi connectivity index (χ3v) is 4.80. The minimum absolute atomic E-state index is 0.0371. The van der Waals surface area contributed by atoms with Gasteiger partial charge in [-0.3, -0.25) is 9.48 Å². The summed E-state index contributed by atoms with van der Waals surface area (Å²) < 4.78 is 6.91. The molecule has 0 saturated carbocycles. The van der Waals surface area contributed by atoms with E-state index in [9.17, 15) is 4.79 Å². The summed E-state index contributed by atoms with van der Waals surface area (Å²) in [6.45, 7) is 4.78. The van der Waals surface area contributed by atoms with E-state index in [0.29, 0.717) is 42.9 Å². The van der Waals surface area contributed by atoms with Gasteiger partial charge in [0.2, 0.25) is 0 Å². The lowest BCUT2D eigenvalue weighted by molar-refractivity contribution is 0.0760. The highest BCUT2D eigenvalue weighted by Crippen LogP contribution is 2.26. The Morgan fingerprint density at radius 1 is 1.19 bits per heavy atom. The molecule has 0 spiro atoms. The van der Waals surface area contributed by atoms with Crippen LogP contribution < -0.4 is 0 Å². The van der Waals surface area contributed by atoms with Crippen LogP contribution in [0.4, 0.5) is 0 Å². The first kappa shape index (κ1) is 16.4. The van der Waals surface area contributed by atoms with E-state index in [2.05, 4.69) is 20.2 Å². The van der Waals surface area contributed by atoms with Crippen LogP contribution in [0, 0.1) is 13.8 Å². The average Bonchev–Trinajstić information content (AvgIpc) is 3.12. The van der Waals surface area contributed by atoms with E-state index in [1.165, 1.54) is 0 Å². The molecule has 26 heavy (non-hydrogen) atoms. The predicted molar refractivity (Wildman–Crippen MR) is 93.5 cm³/mol. The van der Waals surface area contributed by atoms with E-state index in [0.717, 1.165) is 22.5 Å². The van der Waals surface area contributed by atoms with Crippen molar-refractivity contribution in [2.45, 2.75) is 26.7 Å². The number of amides is 1. The molecule has 1 amide bonds. The molecule has 0 fully saturated rings. The normalized spacial score (nSPS) is 14.2. The van der Waals surface area contributed by atoms with Crippen molar-refractivity contribution in [3.63, 3.8) is 0 Å². The van der Waals surface area contributed by atoms with Crippen molar-refractivity contribution < 1.29 is 9.32 Å². The van der Waals surface area contributed by atoms with Gasteiger partial charge < -0.3 is 9.42 Å². The second-order valence-corrected chi connectivity index (χ2v) is 6.54. The number of hydrogen-bond acceptors (Lipinski definition) is 6. The van der Waals surface area contributed by atoms with E-state index in [1.807, 2.05) is 18.1 Å². The van der Waals surface area contributed by atoms with Crippen LogP contribution in [0.25, 0.3) is 11.3 Å². The van der Waals surface area contributed by atoms with Crippen LogP contribution in [0.2, 0.25) is 0 Å². The van der Waals surface area contributed by atoms with E-state index in [4.69, 9.17) is 4.52 Å². The lowest BCUT2D eigenvalue weighted by Gasteiger charge is -2.19. The summed E-state index contributed by atoms with van der Waals surface area (Å²) in [6, 6.07) is 0. The molecule has 0 saturated heterocycles. The Morgan fingerprint density at radius 2 is 2.00 bits per heavy atom. The van der Waals surface area contributed by atoms with Gasteiger partial charge in [-0.1, -0.05) is 5.16 Å². The molecule has 8 heteroatoms. The van der Waals surface area contributed by atoms with E-state index in [-0.39, 0.29) is 5.91 Å². The van der Waals surface area contributed by atoms with Crippen molar-refractivity contribution in [1.82, 2.24) is 29.8 Å². The van der Waals surface area contributed by atoms with Crippen LogP contribution in [-0.4, -0.2) is 48.8 Å². The minimum Gasteiger partial charge on any atom is -0.361 e. The van der Waals surface area contributed by atoms with Crippen LogP contribution in [0.1, 0.15) is 33.1 Å². The Hall–Kier alpha value is -3.03. The van der Waals surface area contributed by atoms with Crippen LogP contribution in [-0.2, 0) is 19.9 Å². The number of rotatable bonds is 2. The highest BCUT2D eigenvalue weighted by molar-refractivity contribution is 5.96. The van der Waals surface area contributed by atoms with Crippen LogP contribution in [0.15, 0.2) is 23.2 Å². The second kappa shape index (κ2) is 6.36. The highest BCUT2D eigenvalue weighted by atomic mass is 16.5. The summed E-state index contributed by atoms with van der Waals surface area (Å²) in [5.41, 5.74) is 5.15. The van der Waals surface area contributed by atoms with Crippen molar-refractivity contribution >= 4 is 5.91 Å². The first-order valence-corrected chi connectivity index (χ1v) is 8.58. The molecule has 3 aromatic rings. The van der Waals surface area contributed by atoms with Crippen molar-refractivity contribution in [1.29, 1.82) is 0 Å². The number of aromatic nitrogens is 5. The average molecular weight is 352 g/mol. The van der Waals surface area contributed by atoms with Crippen LogP contribution in [0.3, 0.4) is 0 Å². The number of hydrogen-bond donors (Lipinski definition) is 0. The number of carbonyl (C=O) groups excluding carboxylic acids is 1. The summed E-state index contributed by atoms with van der Waals surface area (Å²) in [7, 11) is 1.88. The number of fused-ring (bicyclic) bond motifs is 1. The number of aryl methyl sites for hydroxylation is 3. The molecule has 4 rings (SSSR count). The maximum atomic E-state index is 12.9. The lowest BCUT2D eigenvalue weighted by atomic mass is 10.0. The Morgan fingerprint density at radius 3 is 2.69 bits per heavy atom. The van der Waals surface area contributed by atoms with Crippen LogP contribution >= 0.6 is 0 Å². The molecule has 4 heterocycles. The number of carbonyl (C=O) groups is 1. The van der Waals surface area contributed by atoms with Gasteiger partial charge in [-0.05, 0) is 20.3 Å². The summed E-state index contributed by atoms with van der Waals surface area (Å²) in [4.78, 5) is 23.7. The zero-order valence-corrected chi connectivity index (χ0v) is 15.1. The Labute approximate surface area is 150 Å². The quantitative estimate of drug-likeness (QED) is 0.698. The van der Waals surface area contributed by atoms with Crippen molar-refractivity contribution in [2.24, 2.45) is 7.05 Å². The van der Waals surface area contributed by atoms with Gasteiger partial charge in [-0.2, -0.15) is 5.10 Å². The van der Waals surface area contributed by atoms with Crippen LogP contribution in [0.5, 0.6) is 0 Å². The van der Waals surface area contributed by atoms with Gasteiger partial charge in [0, 0.05) is 49.6 Å². The van der Waals surface area contributed by atoms with E-state index in [1.54, 1.807) is 31.1 Å². The third kappa shape index (κ3) is 2.77. The Balaban J connectivity index is 1.63. The van der Waals surface area contributed by atoms with E-state index < -0.39 is 0 Å². The molecule has 0 unspecified atom stereocenters. The van der Waals surface area contributed by atoms with Gasteiger partial charge in [-0.15, -0.1) is 0 Å². The molecule has 1 aliphatic rings. The fraction of sp³-hybridized carbons (Fsp3) is 0.389. The monoisotopic (exact) mass is 352 g/mol. The molecule has 1 aliphatic heterocycles. The molecule has 0 N–H and O–H groups in total. The smallest absolute Gasteiger partial charge is 0.259 e. The zero-order chi connectivity index (χ0) is 18.3. The predicted octanol–water partition coefficient (Wildman–Crippen LogP) is 1.72. The molecular formula is C18H20N6O2. The van der Waals surface area contributed by atoms with Gasteiger partial charge in [0.15, 0.2) is 0 Å². The topological polar surface area (TPSA) is 89.9 Å². The second-order valence-electron chi connectivity index (χ2n) is 6.54. The van der Waals surface area contributed by atoms with Gasteiger partial charge >= 0.3 is 0 Å². The van der Waals surface area contributed by atoms with Gasteiger partial charge in [0.25, 0.3) is 5.91 Å². The Kier molecular flexibility index (Phi) is 4.02. The molecule has 8 nitrogen and oxygen atoms in total. The molecule has 134 valence electrons. The summed E-state index contributed by atoms with van der Waals surface area (Å²) in [5, 5.41) is 8.13. The van der Waals surface area contributed by atoms with Crippen molar-refractivity contribution in [3.05, 3.63) is 47.0 Å². The molecule has 0 aliphatic carbocycles. The zero-order valence-electron chi connectivity index (χ0n) is 15.1. The van der Waals surface area contributed by atoms with Crippen molar-refractivity contribution in [3.8, 4) is 11.3 Å². The van der Waals surface area contributed by atoms with Gasteiger partial charge in [0.05, 0.1) is 17.6 Å². The maximum Gasteiger partial charge on any atom is 0.259 e. The third-order valence-electron chi connectivity index (χ3n) is 4.80. The first-order chi connectivity index (χ1) is 12.5. The Bertz CT molecular complexity index is 954. The minimum atomic E-state index is -0.0371. The van der Waals surface area contributed by atoms with Gasteiger partial charge in [0.1, 0.15) is 17.7 Å². The molecule has 0 radical (unpaired) electrons. The molecular weight excluding hydrogens is 332 g/mol.